The van der Waals surface area contributed by atoms with Gasteiger partial charge in [-0.3, -0.25) is 4.79 Å². The van der Waals surface area contributed by atoms with Crippen molar-refractivity contribution in [3.8, 4) is 0 Å². The minimum atomic E-state index is -1.61. The van der Waals surface area contributed by atoms with Gasteiger partial charge in [-0.2, -0.15) is 0 Å². The lowest BCUT2D eigenvalue weighted by Gasteiger charge is -2.26. The fourth-order valence-corrected chi connectivity index (χ4v) is 2.38. The van der Waals surface area contributed by atoms with E-state index in [9.17, 15) is 22.4 Å². The van der Waals surface area contributed by atoms with E-state index in [1.807, 2.05) is 5.32 Å². The Hall–Kier alpha value is -1.63. The second-order valence-electron chi connectivity index (χ2n) is 4.76. The number of benzene rings is 1. The van der Waals surface area contributed by atoms with Crippen molar-refractivity contribution < 1.29 is 22.4 Å². The van der Waals surface area contributed by atoms with Gasteiger partial charge in [-0.1, -0.05) is 6.92 Å². The Morgan fingerprint density at radius 1 is 1.30 bits per heavy atom. The summed E-state index contributed by atoms with van der Waals surface area (Å²) in [5.41, 5.74) is -2.05. The Labute approximate surface area is 113 Å². The molecule has 20 heavy (non-hydrogen) atoms. The molecular formula is C13H14F4N2O. The lowest BCUT2D eigenvalue weighted by Crippen LogP contribution is -2.50. The van der Waals surface area contributed by atoms with Gasteiger partial charge in [0, 0.05) is 6.07 Å². The van der Waals surface area contributed by atoms with Crippen molar-refractivity contribution >= 4 is 11.6 Å². The molecular weight excluding hydrogens is 276 g/mol. The van der Waals surface area contributed by atoms with E-state index < -0.39 is 40.4 Å². The number of anilines is 1. The van der Waals surface area contributed by atoms with Crippen LogP contribution in [0.15, 0.2) is 6.07 Å². The fraction of sp³-hybridized carbons (Fsp3) is 0.462. The number of halogens is 4. The summed E-state index contributed by atoms with van der Waals surface area (Å²) in [6, 6.07) is 0.101. The molecule has 1 atom stereocenters. The molecule has 0 spiro atoms. The zero-order valence-electron chi connectivity index (χ0n) is 10.8. The summed E-state index contributed by atoms with van der Waals surface area (Å²) < 4.78 is 53.2. The van der Waals surface area contributed by atoms with Crippen molar-refractivity contribution in [3.05, 3.63) is 29.3 Å². The van der Waals surface area contributed by atoms with Gasteiger partial charge < -0.3 is 10.6 Å². The third-order valence-electron chi connectivity index (χ3n) is 3.63. The number of carbonyl (C=O) groups is 1. The van der Waals surface area contributed by atoms with Crippen molar-refractivity contribution in [2.24, 2.45) is 0 Å². The molecule has 1 heterocycles. The average molecular weight is 290 g/mol. The van der Waals surface area contributed by atoms with Crippen LogP contribution in [-0.2, 0) is 4.79 Å². The molecule has 1 amide bonds. The summed E-state index contributed by atoms with van der Waals surface area (Å²) in [5, 5.41) is 4.93. The second kappa shape index (κ2) is 5.40. The predicted molar refractivity (Wildman–Crippen MR) is 65.2 cm³/mol. The molecule has 0 aromatic heterocycles. The number of amides is 1. The Balaban J connectivity index is 2.33. The van der Waals surface area contributed by atoms with E-state index in [2.05, 4.69) is 5.32 Å². The Bertz CT molecular complexity index is 515. The van der Waals surface area contributed by atoms with Crippen molar-refractivity contribution in [1.29, 1.82) is 0 Å². The van der Waals surface area contributed by atoms with Crippen molar-refractivity contribution in [3.63, 3.8) is 0 Å². The highest BCUT2D eigenvalue weighted by Gasteiger charge is 2.40. The van der Waals surface area contributed by atoms with Gasteiger partial charge in [0.1, 0.15) is 5.69 Å². The number of hydrogen-bond donors (Lipinski definition) is 2. The molecule has 1 aliphatic rings. The van der Waals surface area contributed by atoms with Crippen LogP contribution in [-0.4, -0.2) is 18.0 Å². The molecule has 110 valence electrons. The summed E-state index contributed by atoms with van der Waals surface area (Å²) in [4.78, 5) is 12.1. The predicted octanol–water partition coefficient (Wildman–Crippen LogP) is 2.71. The van der Waals surface area contributed by atoms with Crippen LogP contribution in [0, 0.1) is 23.3 Å². The zero-order chi connectivity index (χ0) is 14.9. The topological polar surface area (TPSA) is 41.1 Å². The van der Waals surface area contributed by atoms with E-state index in [0.29, 0.717) is 19.4 Å². The Morgan fingerprint density at radius 2 is 1.90 bits per heavy atom. The maximum atomic E-state index is 13.5. The summed E-state index contributed by atoms with van der Waals surface area (Å²) in [5.74, 6) is -7.02. The highest BCUT2D eigenvalue weighted by Crippen LogP contribution is 2.28. The Kier molecular flexibility index (Phi) is 3.99. The van der Waals surface area contributed by atoms with Crippen LogP contribution in [0.5, 0.6) is 0 Å². The maximum absolute atomic E-state index is 13.5. The molecule has 3 nitrogen and oxygen atoms in total. The summed E-state index contributed by atoms with van der Waals surface area (Å²) in [6.45, 7) is 2.35. The number of nitrogens with one attached hydrogen (secondary N) is 2. The largest absolute Gasteiger partial charge is 0.319 e. The molecule has 1 aromatic carbocycles. The summed E-state index contributed by atoms with van der Waals surface area (Å²) in [7, 11) is 0. The van der Waals surface area contributed by atoms with E-state index in [4.69, 9.17) is 0 Å². The van der Waals surface area contributed by atoms with Crippen LogP contribution >= 0.6 is 0 Å². The molecule has 1 unspecified atom stereocenters. The second-order valence-corrected chi connectivity index (χ2v) is 4.76. The molecule has 0 bridgehead atoms. The fourth-order valence-electron chi connectivity index (χ4n) is 2.38. The van der Waals surface area contributed by atoms with Crippen LogP contribution in [0.2, 0.25) is 0 Å². The van der Waals surface area contributed by atoms with Crippen LogP contribution in [0.3, 0.4) is 0 Å². The van der Waals surface area contributed by atoms with E-state index in [1.54, 1.807) is 6.92 Å². The summed E-state index contributed by atoms with van der Waals surface area (Å²) in [6.07, 6.45) is 1.64. The molecule has 1 saturated heterocycles. The van der Waals surface area contributed by atoms with Gasteiger partial charge >= 0.3 is 0 Å². The zero-order valence-corrected chi connectivity index (χ0v) is 10.8. The number of rotatable bonds is 3. The minimum absolute atomic E-state index is 0.101. The normalized spacial score (nSPS) is 22.1. The molecule has 2 N–H and O–H groups in total. The smallest absolute Gasteiger partial charge is 0.244 e. The third-order valence-corrected chi connectivity index (χ3v) is 3.63. The average Bonchev–Trinajstić information content (AvgIpc) is 2.91. The van der Waals surface area contributed by atoms with Gasteiger partial charge in [-0.25, -0.2) is 17.6 Å². The highest BCUT2D eigenvalue weighted by atomic mass is 19.2. The first-order chi connectivity index (χ1) is 9.41. The first-order valence-electron chi connectivity index (χ1n) is 6.31. The Morgan fingerprint density at radius 3 is 2.35 bits per heavy atom. The lowest BCUT2D eigenvalue weighted by molar-refractivity contribution is -0.122. The van der Waals surface area contributed by atoms with E-state index in [1.165, 1.54) is 0 Å². The van der Waals surface area contributed by atoms with Gasteiger partial charge in [0.05, 0.1) is 5.54 Å². The molecule has 7 heteroatoms. The van der Waals surface area contributed by atoms with Gasteiger partial charge in [0.2, 0.25) is 5.91 Å². The molecule has 0 saturated carbocycles. The van der Waals surface area contributed by atoms with E-state index in [0.717, 1.165) is 6.42 Å². The van der Waals surface area contributed by atoms with Crippen LogP contribution < -0.4 is 10.6 Å². The third kappa shape index (κ3) is 2.37. The van der Waals surface area contributed by atoms with Crippen LogP contribution in [0.1, 0.15) is 26.2 Å². The first kappa shape index (κ1) is 14.8. The van der Waals surface area contributed by atoms with Crippen molar-refractivity contribution in [2.45, 2.75) is 31.7 Å². The molecule has 2 rings (SSSR count). The number of carbonyl (C=O) groups excluding carboxylic acids is 1. The van der Waals surface area contributed by atoms with Crippen LogP contribution in [0.4, 0.5) is 23.2 Å². The van der Waals surface area contributed by atoms with Gasteiger partial charge in [-0.05, 0) is 25.8 Å². The maximum Gasteiger partial charge on any atom is 0.244 e. The molecule has 1 fully saturated rings. The van der Waals surface area contributed by atoms with Gasteiger partial charge in [0.15, 0.2) is 23.3 Å². The number of hydrogen-bond acceptors (Lipinski definition) is 2. The SMILES string of the molecule is CCC1(C(=O)Nc2c(F)c(F)cc(F)c2F)CCCN1. The van der Waals surface area contributed by atoms with Crippen LogP contribution in [0.25, 0.3) is 0 Å². The van der Waals surface area contributed by atoms with Gasteiger partial charge in [-0.15, -0.1) is 0 Å². The van der Waals surface area contributed by atoms with Crippen molar-refractivity contribution in [1.82, 2.24) is 5.32 Å². The molecule has 0 aliphatic carbocycles. The molecule has 1 aliphatic heterocycles. The first-order valence-corrected chi connectivity index (χ1v) is 6.31. The highest BCUT2D eigenvalue weighted by molar-refractivity contribution is 5.98. The standard InChI is InChI=1S/C13H14F4N2O/c1-2-13(4-3-5-18-13)12(20)19-11-9(16)7(14)6-8(15)10(11)17/h6,18H,2-5H2,1H3,(H,19,20). The molecule has 1 aromatic rings. The van der Waals surface area contributed by atoms with E-state index in [-0.39, 0.29) is 6.07 Å². The minimum Gasteiger partial charge on any atom is -0.319 e. The monoisotopic (exact) mass is 290 g/mol. The summed E-state index contributed by atoms with van der Waals surface area (Å²) >= 11 is 0. The quantitative estimate of drug-likeness (QED) is 0.664. The molecule has 0 radical (unpaired) electrons. The van der Waals surface area contributed by atoms with Crippen molar-refractivity contribution in [2.75, 3.05) is 11.9 Å². The lowest BCUT2D eigenvalue weighted by atomic mass is 9.93. The van der Waals surface area contributed by atoms with E-state index >= 15 is 0 Å². The van der Waals surface area contributed by atoms with Gasteiger partial charge in [0.25, 0.3) is 0 Å².